The van der Waals surface area contributed by atoms with Crippen LogP contribution in [0.1, 0.15) is 42.8 Å². The van der Waals surface area contributed by atoms with Crippen LogP contribution < -0.4 is 5.32 Å². The average molecular weight is 396 g/mol. The van der Waals surface area contributed by atoms with Gasteiger partial charge in [-0.1, -0.05) is 26.0 Å². The second-order valence-electron chi connectivity index (χ2n) is 7.47. The molecule has 1 heterocycles. The van der Waals surface area contributed by atoms with E-state index in [1.165, 1.54) is 0 Å². The van der Waals surface area contributed by atoms with E-state index in [4.69, 9.17) is 10.00 Å². The molecule has 0 bridgehead atoms. The van der Waals surface area contributed by atoms with Gasteiger partial charge in [-0.3, -0.25) is 14.3 Å². The molecule has 0 spiro atoms. The Morgan fingerprint density at radius 1 is 1.24 bits per heavy atom. The van der Waals surface area contributed by atoms with Crippen molar-refractivity contribution in [3.05, 3.63) is 46.8 Å². The molecule has 0 unspecified atom stereocenters. The fourth-order valence-electron chi connectivity index (χ4n) is 3.06. The Morgan fingerprint density at radius 2 is 1.93 bits per heavy atom. The van der Waals surface area contributed by atoms with E-state index in [1.807, 2.05) is 18.5 Å². The fourth-order valence-corrected chi connectivity index (χ4v) is 3.06. The smallest absolute Gasteiger partial charge is 0.306 e. The molecule has 0 saturated heterocycles. The summed E-state index contributed by atoms with van der Waals surface area (Å²) in [6.45, 7) is 8.74. The predicted molar refractivity (Wildman–Crippen MR) is 110 cm³/mol. The number of amides is 1. The van der Waals surface area contributed by atoms with Crippen LogP contribution in [-0.4, -0.2) is 28.3 Å². The molecule has 1 N–H and O–H groups in total. The summed E-state index contributed by atoms with van der Waals surface area (Å²) in [5, 5.41) is 15.9. The van der Waals surface area contributed by atoms with E-state index in [2.05, 4.69) is 30.3 Å². The third-order valence-electron chi connectivity index (χ3n) is 4.53. The molecular weight excluding hydrogens is 368 g/mol. The Morgan fingerprint density at radius 3 is 2.55 bits per heavy atom. The summed E-state index contributed by atoms with van der Waals surface area (Å²) in [6.07, 6.45) is 1.06. The lowest BCUT2D eigenvalue weighted by atomic mass is 10.1. The molecule has 0 fully saturated rings. The molecule has 29 heavy (non-hydrogen) atoms. The predicted octanol–water partition coefficient (Wildman–Crippen LogP) is 3.34. The molecule has 1 amide bonds. The largest absolute Gasteiger partial charge is 0.456 e. The fraction of sp³-hybridized carbons (Fsp3) is 0.455. The zero-order valence-corrected chi connectivity index (χ0v) is 17.5. The first-order valence-corrected chi connectivity index (χ1v) is 9.74. The molecule has 0 atom stereocenters. The number of rotatable bonds is 9. The van der Waals surface area contributed by atoms with Crippen molar-refractivity contribution >= 4 is 17.6 Å². The van der Waals surface area contributed by atoms with Crippen molar-refractivity contribution in [3.8, 4) is 6.07 Å². The summed E-state index contributed by atoms with van der Waals surface area (Å²) in [5.74, 6) is -0.324. The Labute approximate surface area is 171 Å². The normalized spacial score (nSPS) is 10.6. The molecule has 2 aromatic rings. The van der Waals surface area contributed by atoms with E-state index in [1.54, 1.807) is 24.3 Å². The van der Waals surface area contributed by atoms with Gasteiger partial charge in [0.15, 0.2) is 6.61 Å². The van der Waals surface area contributed by atoms with Gasteiger partial charge in [-0.15, -0.1) is 0 Å². The van der Waals surface area contributed by atoms with Crippen LogP contribution in [0.3, 0.4) is 0 Å². The van der Waals surface area contributed by atoms with E-state index in [-0.39, 0.29) is 13.0 Å². The van der Waals surface area contributed by atoms with Crippen LogP contribution in [0.5, 0.6) is 0 Å². The number of aryl methyl sites for hydroxylation is 1. The number of nitrogens with one attached hydrogen (secondary N) is 1. The zero-order chi connectivity index (χ0) is 21.4. The molecule has 2 rings (SSSR count). The number of esters is 1. The van der Waals surface area contributed by atoms with Gasteiger partial charge in [0.1, 0.15) is 0 Å². The van der Waals surface area contributed by atoms with Gasteiger partial charge in [-0.2, -0.15) is 10.4 Å². The first kappa shape index (κ1) is 22.2. The Bertz CT molecular complexity index is 892. The molecule has 0 radical (unpaired) electrons. The number of ether oxygens (including phenoxy) is 1. The molecular formula is C22H28N4O3. The van der Waals surface area contributed by atoms with Gasteiger partial charge in [0.2, 0.25) is 0 Å². The zero-order valence-electron chi connectivity index (χ0n) is 17.5. The van der Waals surface area contributed by atoms with Crippen molar-refractivity contribution in [2.24, 2.45) is 5.92 Å². The van der Waals surface area contributed by atoms with Crippen molar-refractivity contribution < 1.29 is 14.3 Å². The van der Waals surface area contributed by atoms with E-state index in [0.717, 1.165) is 29.1 Å². The van der Waals surface area contributed by atoms with E-state index in [9.17, 15) is 9.59 Å². The van der Waals surface area contributed by atoms with Gasteiger partial charge >= 0.3 is 5.97 Å². The molecule has 0 saturated carbocycles. The van der Waals surface area contributed by atoms with Crippen molar-refractivity contribution in [1.29, 1.82) is 5.26 Å². The van der Waals surface area contributed by atoms with Crippen LogP contribution in [0.15, 0.2) is 24.3 Å². The van der Waals surface area contributed by atoms with Gasteiger partial charge in [0, 0.05) is 24.3 Å². The highest BCUT2D eigenvalue weighted by atomic mass is 16.5. The quantitative estimate of drug-likeness (QED) is 0.656. The minimum absolute atomic E-state index is 0.200. The Balaban J connectivity index is 1.79. The maximum Gasteiger partial charge on any atom is 0.306 e. The van der Waals surface area contributed by atoms with E-state index < -0.39 is 11.9 Å². The SMILES string of the molecule is Cc1nn(CC(C)C)c(C)c1CCC(=O)OCC(=O)Nc1ccc(CC#N)cc1. The number of nitrogens with zero attached hydrogens (tertiary/aromatic N) is 3. The first-order chi connectivity index (χ1) is 13.8. The summed E-state index contributed by atoms with van der Waals surface area (Å²) >= 11 is 0. The Kier molecular flexibility index (Phi) is 7.96. The lowest BCUT2D eigenvalue weighted by Crippen LogP contribution is -2.21. The molecule has 7 heteroatoms. The number of hydrogen-bond acceptors (Lipinski definition) is 5. The van der Waals surface area contributed by atoms with Crippen molar-refractivity contribution in [2.75, 3.05) is 11.9 Å². The second kappa shape index (κ2) is 10.4. The van der Waals surface area contributed by atoms with Crippen LogP contribution in [0.4, 0.5) is 5.69 Å². The van der Waals surface area contributed by atoms with Crippen LogP contribution in [0.2, 0.25) is 0 Å². The van der Waals surface area contributed by atoms with Crippen LogP contribution in [-0.2, 0) is 33.7 Å². The molecule has 1 aromatic carbocycles. The maximum atomic E-state index is 12.0. The highest BCUT2D eigenvalue weighted by Crippen LogP contribution is 2.17. The standard InChI is InChI=1S/C22H28N4O3/c1-15(2)13-26-17(4)20(16(3)25-26)9-10-22(28)29-14-21(27)24-19-7-5-18(6-8-19)11-12-23/h5-8,15H,9-11,13-14H2,1-4H3,(H,24,27). The van der Waals surface area contributed by atoms with Crippen molar-refractivity contribution in [1.82, 2.24) is 9.78 Å². The molecule has 1 aromatic heterocycles. The van der Waals surface area contributed by atoms with Crippen LogP contribution in [0, 0.1) is 31.1 Å². The average Bonchev–Trinajstić information content (AvgIpc) is 2.92. The lowest BCUT2D eigenvalue weighted by Gasteiger charge is -2.08. The van der Waals surface area contributed by atoms with E-state index >= 15 is 0 Å². The molecule has 154 valence electrons. The minimum atomic E-state index is -0.417. The number of aromatic nitrogens is 2. The first-order valence-electron chi connectivity index (χ1n) is 9.74. The molecule has 7 nitrogen and oxygen atoms in total. The molecule has 0 aliphatic heterocycles. The highest BCUT2D eigenvalue weighted by molar-refractivity contribution is 5.92. The van der Waals surface area contributed by atoms with Crippen LogP contribution >= 0.6 is 0 Å². The Hall–Kier alpha value is -3.14. The topological polar surface area (TPSA) is 97.0 Å². The third-order valence-corrected chi connectivity index (χ3v) is 4.53. The monoisotopic (exact) mass is 396 g/mol. The maximum absolute atomic E-state index is 12.0. The van der Waals surface area contributed by atoms with E-state index in [0.29, 0.717) is 24.4 Å². The number of hydrogen-bond donors (Lipinski definition) is 1. The summed E-state index contributed by atoms with van der Waals surface area (Å²) in [6, 6.07) is 9.04. The van der Waals surface area contributed by atoms with Crippen molar-refractivity contribution in [2.45, 2.75) is 53.5 Å². The van der Waals surface area contributed by atoms with Gasteiger partial charge in [0.25, 0.3) is 5.91 Å². The summed E-state index contributed by atoms with van der Waals surface area (Å²) < 4.78 is 7.07. The van der Waals surface area contributed by atoms with Crippen molar-refractivity contribution in [3.63, 3.8) is 0 Å². The molecule has 0 aliphatic rings. The van der Waals surface area contributed by atoms with Gasteiger partial charge < -0.3 is 10.1 Å². The summed E-state index contributed by atoms with van der Waals surface area (Å²) in [4.78, 5) is 24.0. The highest BCUT2D eigenvalue weighted by Gasteiger charge is 2.15. The van der Waals surface area contributed by atoms with Crippen LogP contribution in [0.25, 0.3) is 0 Å². The molecule has 0 aliphatic carbocycles. The van der Waals surface area contributed by atoms with Gasteiger partial charge in [-0.25, -0.2) is 0 Å². The van der Waals surface area contributed by atoms with Gasteiger partial charge in [0.05, 0.1) is 18.2 Å². The third kappa shape index (κ3) is 6.75. The number of nitriles is 1. The van der Waals surface area contributed by atoms with Gasteiger partial charge in [-0.05, 0) is 49.4 Å². The summed E-state index contributed by atoms with van der Waals surface area (Å²) in [7, 11) is 0. The second-order valence-corrected chi connectivity index (χ2v) is 7.47. The number of benzene rings is 1. The lowest BCUT2D eigenvalue weighted by molar-refractivity contribution is -0.147. The summed E-state index contributed by atoms with van der Waals surface area (Å²) in [5.41, 5.74) is 4.52. The number of carbonyl (C=O) groups is 2. The minimum Gasteiger partial charge on any atom is -0.456 e. The number of anilines is 1. The number of carbonyl (C=O) groups excluding carboxylic acids is 2.